The molecule has 0 saturated carbocycles. The van der Waals surface area contributed by atoms with Gasteiger partial charge in [-0.05, 0) is 43.3 Å². The molecular formula is C25H23FN3O3+. The van der Waals surface area contributed by atoms with Gasteiger partial charge in [-0.3, -0.25) is 9.59 Å². The molecule has 1 aliphatic heterocycles. The lowest BCUT2D eigenvalue weighted by Crippen LogP contribution is -2.42. The predicted octanol–water partition coefficient (Wildman–Crippen LogP) is 3.16. The molecule has 7 heteroatoms. The maximum Gasteiger partial charge on any atom is 0.304 e. The van der Waals surface area contributed by atoms with Gasteiger partial charge < -0.3 is 10.1 Å². The summed E-state index contributed by atoms with van der Waals surface area (Å²) in [5, 5.41) is 2.81. The third-order valence-corrected chi connectivity index (χ3v) is 5.37. The molecule has 32 heavy (non-hydrogen) atoms. The van der Waals surface area contributed by atoms with E-state index in [1.807, 2.05) is 55.5 Å². The van der Waals surface area contributed by atoms with Crippen molar-refractivity contribution < 1.29 is 23.4 Å². The van der Waals surface area contributed by atoms with E-state index in [9.17, 15) is 14.0 Å². The van der Waals surface area contributed by atoms with Crippen molar-refractivity contribution in [2.24, 2.45) is 0 Å². The van der Waals surface area contributed by atoms with Gasteiger partial charge in [0.05, 0.1) is 12.7 Å². The molecule has 0 spiro atoms. The van der Waals surface area contributed by atoms with Crippen molar-refractivity contribution in [1.82, 2.24) is 10.7 Å². The van der Waals surface area contributed by atoms with Crippen LogP contribution in [-0.2, 0) is 4.79 Å². The maximum absolute atomic E-state index is 13.2. The Morgan fingerprint density at radius 3 is 2.44 bits per heavy atom. The van der Waals surface area contributed by atoms with Crippen LogP contribution in [0.1, 0.15) is 33.1 Å². The number of halogens is 1. The minimum absolute atomic E-state index is 0.272. The topological polar surface area (TPSA) is 70.4 Å². The van der Waals surface area contributed by atoms with E-state index >= 15 is 0 Å². The van der Waals surface area contributed by atoms with Gasteiger partial charge in [0.15, 0.2) is 6.04 Å². The molecule has 0 bridgehead atoms. The average Bonchev–Trinajstić information content (AvgIpc) is 3.09. The Morgan fingerprint density at radius 2 is 1.75 bits per heavy atom. The summed E-state index contributed by atoms with van der Waals surface area (Å²) in [5.74, 6) is -0.586. The number of aryl methyl sites for hydroxylation is 1. The number of methoxy groups -OCH3 is 1. The number of rotatable bonds is 5. The van der Waals surface area contributed by atoms with Crippen LogP contribution in [0.4, 0.5) is 4.39 Å². The third kappa shape index (κ3) is 4.37. The average molecular weight is 432 g/mol. The van der Waals surface area contributed by atoms with Crippen LogP contribution in [0.25, 0.3) is 0 Å². The largest absolute Gasteiger partial charge is 0.496 e. The standard InChI is InChI=1S/C25H22FN3O3/c1-16-7-9-17(10-8-16)23-22(27-24(30)18-11-13-20(26)14-12-18)25(31)28-29(23)15-19-5-3-4-6-21(19)32-2/h3-15,22-23H,1-2H3,(H-,27,28,30,31)/p+1/b29-15-/t22-,23-/m1/s1. The number of carbonyl (C=O) groups is 2. The lowest BCUT2D eigenvalue weighted by Gasteiger charge is -2.15. The van der Waals surface area contributed by atoms with Crippen molar-refractivity contribution in [3.05, 3.63) is 101 Å². The molecule has 3 aromatic rings. The van der Waals surface area contributed by atoms with Crippen molar-refractivity contribution in [2.75, 3.05) is 7.11 Å². The molecule has 1 aliphatic rings. The lowest BCUT2D eigenvalue weighted by molar-refractivity contribution is -0.596. The zero-order valence-electron chi connectivity index (χ0n) is 17.7. The van der Waals surface area contributed by atoms with Crippen molar-refractivity contribution in [2.45, 2.75) is 19.0 Å². The monoisotopic (exact) mass is 432 g/mol. The van der Waals surface area contributed by atoms with Gasteiger partial charge in [0, 0.05) is 11.1 Å². The second-order valence-electron chi connectivity index (χ2n) is 7.57. The Bertz CT molecular complexity index is 1170. The van der Waals surface area contributed by atoms with Gasteiger partial charge in [0.25, 0.3) is 5.91 Å². The number of hydrogen-bond acceptors (Lipinski definition) is 3. The van der Waals surface area contributed by atoms with Crippen LogP contribution in [0.5, 0.6) is 5.75 Å². The molecule has 2 amide bonds. The van der Waals surface area contributed by atoms with E-state index in [-0.39, 0.29) is 11.5 Å². The molecule has 1 saturated heterocycles. The number of benzene rings is 3. The molecule has 0 aromatic heterocycles. The van der Waals surface area contributed by atoms with Gasteiger partial charge in [0.1, 0.15) is 11.6 Å². The minimum Gasteiger partial charge on any atom is -0.496 e. The maximum atomic E-state index is 13.2. The summed E-state index contributed by atoms with van der Waals surface area (Å²) < 4.78 is 20.3. The van der Waals surface area contributed by atoms with Gasteiger partial charge in [-0.1, -0.05) is 42.0 Å². The first-order valence-corrected chi connectivity index (χ1v) is 10.2. The summed E-state index contributed by atoms with van der Waals surface area (Å²) in [6.07, 6.45) is 1.78. The number of hydrazone groups is 1. The van der Waals surface area contributed by atoms with Crippen molar-refractivity contribution in [3.63, 3.8) is 0 Å². The van der Waals surface area contributed by atoms with E-state index < -0.39 is 23.8 Å². The third-order valence-electron chi connectivity index (χ3n) is 5.37. The highest BCUT2D eigenvalue weighted by Crippen LogP contribution is 2.27. The predicted molar refractivity (Wildman–Crippen MR) is 118 cm³/mol. The fourth-order valence-corrected chi connectivity index (χ4v) is 3.69. The van der Waals surface area contributed by atoms with E-state index in [1.165, 1.54) is 24.3 Å². The molecule has 0 radical (unpaired) electrons. The first kappa shape index (κ1) is 21.2. The highest BCUT2D eigenvalue weighted by Gasteiger charge is 2.47. The van der Waals surface area contributed by atoms with Gasteiger partial charge in [-0.25, -0.2) is 4.39 Å². The number of hydrazine groups is 1. The lowest BCUT2D eigenvalue weighted by atomic mass is 9.98. The number of nitrogens with one attached hydrogen (secondary N) is 2. The summed E-state index contributed by atoms with van der Waals surface area (Å²) in [4.78, 5) is 25.7. The highest BCUT2D eigenvalue weighted by atomic mass is 19.1. The highest BCUT2D eigenvalue weighted by molar-refractivity contribution is 5.98. The first-order chi connectivity index (χ1) is 15.5. The summed E-state index contributed by atoms with van der Waals surface area (Å²) >= 11 is 0. The van der Waals surface area contributed by atoms with E-state index in [2.05, 4.69) is 10.7 Å². The molecule has 6 nitrogen and oxygen atoms in total. The normalized spacial score (nSPS) is 19.0. The van der Waals surface area contributed by atoms with Crippen molar-refractivity contribution in [1.29, 1.82) is 0 Å². The van der Waals surface area contributed by atoms with Gasteiger partial charge in [0.2, 0.25) is 12.3 Å². The van der Waals surface area contributed by atoms with Crippen LogP contribution in [0.3, 0.4) is 0 Å². The zero-order valence-corrected chi connectivity index (χ0v) is 17.7. The van der Waals surface area contributed by atoms with E-state index in [4.69, 9.17) is 4.74 Å². The smallest absolute Gasteiger partial charge is 0.304 e. The van der Waals surface area contributed by atoms with Crippen LogP contribution in [0, 0.1) is 12.7 Å². The van der Waals surface area contributed by atoms with E-state index in [0.29, 0.717) is 5.75 Å². The number of nitrogens with zero attached hydrogens (tertiary/aromatic N) is 1. The molecular weight excluding hydrogens is 409 g/mol. The van der Waals surface area contributed by atoms with Crippen molar-refractivity contribution >= 4 is 18.0 Å². The molecule has 1 fully saturated rings. The minimum atomic E-state index is -0.860. The molecule has 2 atom stereocenters. The second kappa shape index (κ2) is 9.01. The molecule has 4 rings (SSSR count). The molecule has 1 heterocycles. The zero-order chi connectivity index (χ0) is 22.7. The van der Waals surface area contributed by atoms with E-state index in [1.54, 1.807) is 18.0 Å². The molecule has 3 aromatic carbocycles. The molecule has 0 unspecified atom stereocenters. The van der Waals surface area contributed by atoms with Crippen LogP contribution in [-0.4, -0.2) is 35.9 Å². The molecule has 2 N–H and O–H groups in total. The molecule has 0 aliphatic carbocycles. The Morgan fingerprint density at radius 1 is 1.06 bits per heavy atom. The van der Waals surface area contributed by atoms with Gasteiger partial charge >= 0.3 is 5.91 Å². The van der Waals surface area contributed by atoms with Crippen LogP contribution < -0.4 is 15.5 Å². The number of amides is 2. The second-order valence-corrected chi connectivity index (χ2v) is 7.57. The number of carbonyl (C=O) groups excluding carboxylic acids is 2. The summed E-state index contributed by atoms with van der Waals surface area (Å²) in [5.41, 5.74) is 5.82. The fraction of sp³-hybridized carbons (Fsp3) is 0.160. The van der Waals surface area contributed by atoms with E-state index in [0.717, 1.165) is 16.7 Å². The van der Waals surface area contributed by atoms with Crippen LogP contribution >= 0.6 is 0 Å². The quantitative estimate of drug-likeness (QED) is 0.609. The Kier molecular flexibility index (Phi) is 5.98. The van der Waals surface area contributed by atoms with Gasteiger partial charge in [-0.2, -0.15) is 0 Å². The summed E-state index contributed by atoms with van der Waals surface area (Å²) in [6, 6.07) is 19.1. The van der Waals surface area contributed by atoms with Crippen molar-refractivity contribution in [3.8, 4) is 5.75 Å². The number of hydrogen-bond donors (Lipinski definition) is 2. The fourth-order valence-electron chi connectivity index (χ4n) is 3.69. The van der Waals surface area contributed by atoms with Crippen LogP contribution in [0.15, 0.2) is 72.8 Å². The first-order valence-electron chi connectivity index (χ1n) is 10.2. The SMILES string of the molecule is COc1ccccc1/C=[N+]1\NC(=O)[C@H](NC(=O)c2ccc(F)cc2)[C@H]1c1ccc(C)cc1. The Balaban J connectivity index is 1.72. The summed E-state index contributed by atoms with van der Waals surface area (Å²) in [7, 11) is 1.58. The Labute approximate surface area is 185 Å². The molecule has 162 valence electrons. The number of ether oxygens (including phenoxy) is 1. The van der Waals surface area contributed by atoms with Crippen LogP contribution in [0.2, 0.25) is 0 Å². The summed E-state index contributed by atoms with van der Waals surface area (Å²) in [6.45, 7) is 1.98. The number of para-hydroxylation sites is 1. The Hall–Kier alpha value is -4.00. The van der Waals surface area contributed by atoms with Gasteiger partial charge in [-0.15, -0.1) is 10.1 Å².